The number of aliphatic imine (C=N–C) groups is 1. The number of benzene rings is 1. The summed E-state index contributed by atoms with van der Waals surface area (Å²) in [4.78, 5) is 6.91. The number of rotatable bonds is 9. The molecule has 1 aromatic carbocycles. The van der Waals surface area contributed by atoms with E-state index >= 15 is 0 Å². The highest BCUT2D eigenvalue weighted by Gasteiger charge is 2.14. The van der Waals surface area contributed by atoms with Crippen LogP contribution in [-0.2, 0) is 6.54 Å². The number of methoxy groups -OCH3 is 2. The van der Waals surface area contributed by atoms with Crippen LogP contribution in [0.4, 0.5) is 0 Å². The first-order valence-electron chi connectivity index (χ1n) is 10.0. The topological polar surface area (TPSA) is 58.1 Å². The van der Waals surface area contributed by atoms with Crippen LogP contribution >= 0.6 is 0 Å². The molecule has 0 saturated carbocycles. The van der Waals surface area contributed by atoms with Crippen molar-refractivity contribution < 1.29 is 9.47 Å². The fraction of sp³-hybridized carbons (Fsp3) is 0.667. The molecule has 0 aromatic heterocycles. The molecule has 0 spiro atoms. The molecule has 1 saturated heterocycles. The van der Waals surface area contributed by atoms with Gasteiger partial charge in [0.1, 0.15) is 11.5 Å². The predicted molar refractivity (Wildman–Crippen MR) is 112 cm³/mol. The first-order chi connectivity index (χ1) is 13.2. The Kier molecular flexibility index (Phi) is 9.25. The maximum atomic E-state index is 5.45. The fourth-order valence-corrected chi connectivity index (χ4v) is 3.35. The lowest BCUT2D eigenvalue weighted by Crippen LogP contribution is -2.38. The van der Waals surface area contributed by atoms with Crippen molar-refractivity contribution in [3.8, 4) is 11.5 Å². The monoisotopic (exact) mass is 376 g/mol. The largest absolute Gasteiger partial charge is 0.497 e. The lowest BCUT2D eigenvalue weighted by molar-refractivity contribution is 0.189. The van der Waals surface area contributed by atoms with Gasteiger partial charge in [-0.15, -0.1) is 0 Å². The molecule has 0 bridgehead atoms. The zero-order valence-electron chi connectivity index (χ0n) is 17.4. The first-order valence-corrected chi connectivity index (χ1v) is 10.0. The van der Waals surface area contributed by atoms with E-state index in [0.29, 0.717) is 6.54 Å². The van der Waals surface area contributed by atoms with Crippen molar-refractivity contribution in [3.63, 3.8) is 0 Å². The molecule has 0 unspecified atom stereocenters. The van der Waals surface area contributed by atoms with Gasteiger partial charge in [0.15, 0.2) is 5.96 Å². The summed E-state index contributed by atoms with van der Waals surface area (Å²) in [5.41, 5.74) is 1.07. The maximum Gasteiger partial charge on any atom is 0.191 e. The third kappa shape index (κ3) is 7.29. The molecule has 6 nitrogen and oxygen atoms in total. The normalized spacial score (nSPS) is 16.2. The summed E-state index contributed by atoms with van der Waals surface area (Å²) >= 11 is 0. The summed E-state index contributed by atoms with van der Waals surface area (Å²) in [6.07, 6.45) is 5.08. The fourth-order valence-electron chi connectivity index (χ4n) is 3.35. The SMILES string of the molecule is CN=C(NCCCCN1CCC(C)CC1)NCc1ccc(OC)cc1OC. The molecule has 1 aliphatic rings. The molecule has 1 aliphatic heterocycles. The second kappa shape index (κ2) is 11.7. The average molecular weight is 377 g/mol. The molecule has 1 heterocycles. The number of unbranched alkanes of at least 4 members (excludes halogenated alkanes) is 1. The van der Waals surface area contributed by atoms with E-state index in [4.69, 9.17) is 9.47 Å². The minimum Gasteiger partial charge on any atom is -0.497 e. The summed E-state index contributed by atoms with van der Waals surface area (Å²) in [6.45, 7) is 7.69. The molecular weight excluding hydrogens is 340 g/mol. The molecule has 0 amide bonds. The highest BCUT2D eigenvalue weighted by atomic mass is 16.5. The summed E-state index contributed by atoms with van der Waals surface area (Å²) in [5, 5.41) is 6.75. The molecule has 1 aromatic rings. The van der Waals surface area contributed by atoms with Gasteiger partial charge >= 0.3 is 0 Å². The van der Waals surface area contributed by atoms with Crippen molar-refractivity contribution in [1.82, 2.24) is 15.5 Å². The third-order valence-corrected chi connectivity index (χ3v) is 5.23. The standard InChI is InChI=1S/C21H36N4O2/c1-17-9-13-25(14-10-17)12-6-5-11-23-21(22-2)24-16-18-7-8-19(26-3)15-20(18)27-4/h7-8,15,17H,5-6,9-14,16H2,1-4H3,(H2,22,23,24). The maximum absolute atomic E-state index is 5.45. The van der Waals surface area contributed by atoms with E-state index in [2.05, 4.69) is 27.4 Å². The van der Waals surface area contributed by atoms with Crippen LogP contribution in [0, 0.1) is 5.92 Å². The van der Waals surface area contributed by atoms with E-state index in [0.717, 1.165) is 41.9 Å². The molecule has 152 valence electrons. The van der Waals surface area contributed by atoms with Crippen molar-refractivity contribution >= 4 is 5.96 Å². The first kappa shape index (κ1) is 21.4. The number of nitrogens with zero attached hydrogens (tertiary/aromatic N) is 2. The predicted octanol–water partition coefficient (Wildman–Crippen LogP) is 2.88. The Labute approximate surface area is 164 Å². The number of likely N-dealkylation sites (tertiary alicyclic amines) is 1. The Bertz CT molecular complexity index is 584. The second-order valence-corrected chi connectivity index (χ2v) is 7.26. The van der Waals surface area contributed by atoms with Crippen LogP contribution in [-0.4, -0.2) is 58.3 Å². The molecule has 2 N–H and O–H groups in total. The Morgan fingerprint density at radius 2 is 1.93 bits per heavy atom. The van der Waals surface area contributed by atoms with Gasteiger partial charge in [-0.05, 0) is 63.4 Å². The zero-order valence-corrected chi connectivity index (χ0v) is 17.4. The summed E-state index contributed by atoms with van der Waals surface area (Å²) < 4.78 is 10.7. The number of guanidine groups is 1. The van der Waals surface area contributed by atoms with E-state index in [-0.39, 0.29) is 0 Å². The van der Waals surface area contributed by atoms with Crippen LogP contribution in [0.2, 0.25) is 0 Å². The number of hydrogen-bond acceptors (Lipinski definition) is 4. The summed E-state index contributed by atoms with van der Waals surface area (Å²) in [7, 11) is 5.13. The molecule has 2 rings (SSSR count). The van der Waals surface area contributed by atoms with Gasteiger partial charge in [0.2, 0.25) is 0 Å². The van der Waals surface area contributed by atoms with Crippen molar-refractivity contribution in [1.29, 1.82) is 0 Å². The number of hydrogen-bond donors (Lipinski definition) is 2. The highest BCUT2D eigenvalue weighted by Crippen LogP contribution is 2.24. The van der Waals surface area contributed by atoms with Gasteiger partial charge in [0.25, 0.3) is 0 Å². The van der Waals surface area contributed by atoms with E-state index in [1.165, 1.54) is 38.9 Å². The van der Waals surface area contributed by atoms with Crippen LogP contribution in [0.1, 0.15) is 38.2 Å². The lowest BCUT2D eigenvalue weighted by atomic mass is 9.99. The smallest absolute Gasteiger partial charge is 0.191 e. The Balaban J connectivity index is 1.66. The molecule has 6 heteroatoms. The van der Waals surface area contributed by atoms with Crippen molar-refractivity contribution in [2.75, 3.05) is 47.4 Å². The number of ether oxygens (including phenoxy) is 2. The minimum absolute atomic E-state index is 0.652. The molecule has 0 radical (unpaired) electrons. The van der Waals surface area contributed by atoms with Gasteiger partial charge in [-0.2, -0.15) is 0 Å². The Hall–Kier alpha value is -1.95. The van der Waals surface area contributed by atoms with E-state index in [1.807, 2.05) is 18.2 Å². The number of nitrogens with one attached hydrogen (secondary N) is 2. The van der Waals surface area contributed by atoms with Gasteiger partial charge in [0, 0.05) is 31.8 Å². The van der Waals surface area contributed by atoms with Crippen LogP contribution in [0.15, 0.2) is 23.2 Å². The number of piperidine rings is 1. The van der Waals surface area contributed by atoms with E-state index in [9.17, 15) is 0 Å². The van der Waals surface area contributed by atoms with Crippen LogP contribution in [0.25, 0.3) is 0 Å². The minimum atomic E-state index is 0.652. The third-order valence-electron chi connectivity index (χ3n) is 5.23. The van der Waals surface area contributed by atoms with Crippen LogP contribution in [0.3, 0.4) is 0 Å². The molecule has 27 heavy (non-hydrogen) atoms. The average Bonchev–Trinajstić information content (AvgIpc) is 2.71. The molecular formula is C21H36N4O2. The quantitative estimate of drug-likeness (QED) is 0.394. The van der Waals surface area contributed by atoms with E-state index < -0.39 is 0 Å². The zero-order chi connectivity index (χ0) is 19.5. The highest BCUT2D eigenvalue weighted by molar-refractivity contribution is 5.79. The van der Waals surface area contributed by atoms with Gasteiger partial charge in [0.05, 0.1) is 14.2 Å². The summed E-state index contributed by atoms with van der Waals surface area (Å²) in [5.74, 6) is 3.33. The van der Waals surface area contributed by atoms with Crippen molar-refractivity contribution in [2.45, 2.75) is 39.2 Å². The molecule has 0 aliphatic carbocycles. The lowest BCUT2D eigenvalue weighted by Gasteiger charge is -2.30. The van der Waals surface area contributed by atoms with Crippen LogP contribution in [0.5, 0.6) is 11.5 Å². The second-order valence-electron chi connectivity index (χ2n) is 7.26. The van der Waals surface area contributed by atoms with Crippen molar-refractivity contribution in [3.05, 3.63) is 23.8 Å². The Morgan fingerprint density at radius 3 is 2.59 bits per heavy atom. The van der Waals surface area contributed by atoms with Gasteiger partial charge < -0.3 is 25.0 Å². The Morgan fingerprint density at radius 1 is 1.15 bits per heavy atom. The van der Waals surface area contributed by atoms with E-state index in [1.54, 1.807) is 21.3 Å². The molecule has 0 atom stereocenters. The molecule has 1 fully saturated rings. The van der Waals surface area contributed by atoms with Gasteiger partial charge in [-0.3, -0.25) is 4.99 Å². The van der Waals surface area contributed by atoms with Crippen molar-refractivity contribution in [2.24, 2.45) is 10.9 Å². The van der Waals surface area contributed by atoms with Gasteiger partial charge in [-0.25, -0.2) is 0 Å². The van der Waals surface area contributed by atoms with Crippen LogP contribution < -0.4 is 20.1 Å². The van der Waals surface area contributed by atoms with Gasteiger partial charge in [-0.1, -0.05) is 6.92 Å². The summed E-state index contributed by atoms with van der Waals surface area (Å²) in [6, 6.07) is 5.85.